The molecule has 3 N–H and O–H groups in total. The Morgan fingerprint density at radius 3 is 2.75 bits per heavy atom. The fraction of sp³-hybridized carbons (Fsp3) is 0.583. The summed E-state index contributed by atoms with van der Waals surface area (Å²) in [5.74, 6) is -0.301. The number of rotatable bonds is 8. The fourth-order valence-corrected chi connectivity index (χ4v) is 3.00. The van der Waals surface area contributed by atoms with Crippen LogP contribution in [0.3, 0.4) is 0 Å². The van der Waals surface area contributed by atoms with E-state index in [1.807, 2.05) is 12.3 Å². The van der Waals surface area contributed by atoms with Crippen LogP contribution in [-0.4, -0.2) is 45.0 Å². The van der Waals surface area contributed by atoms with Crippen molar-refractivity contribution in [1.82, 2.24) is 10.3 Å². The van der Waals surface area contributed by atoms with Crippen LogP contribution in [-0.2, 0) is 15.3 Å². The van der Waals surface area contributed by atoms with Gasteiger partial charge in [-0.15, -0.1) is 11.3 Å². The van der Waals surface area contributed by atoms with Gasteiger partial charge in [0, 0.05) is 23.3 Å². The molecule has 0 radical (unpaired) electrons. The van der Waals surface area contributed by atoms with E-state index in [2.05, 4.69) is 10.3 Å². The lowest BCUT2D eigenvalue weighted by molar-refractivity contribution is -0.144. The van der Waals surface area contributed by atoms with E-state index >= 15 is 0 Å². The molecule has 0 saturated heterocycles. The van der Waals surface area contributed by atoms with Gasteiger partial charge in [-0.2, -0.15) is 11.8 Å². The Morgan fingerprint density at radius 1 is 1.55 bits per heavy atom. The molecule has 0 aliphatic rings. The summed E-state index contributed by atoms with van der Waals surface area (Å²) in [4.78, 5) is 26.7. The lowest BCUT2D eigenvalue weighted by Crippen LogP contribution is -2.47. The minimum atomic E-state index is -1.26. The number of carbonyl (C=O) groups is 2. The molecule has 0 spiro atoms. The van der Waals surface area contributed by atoms with E-state index in [0.29, 0.717) is 5.75 Å². The van der Waals surface area contributed by atoms with Gasteiger partial charge in [0.15, 0.2) is 6.04 Å². The Hall–Kier alpha value is -1.12. The summed E-state index contributed by atoms with van der Waals surface area (Å²) in [6, 6.07) is -1.26. The highest BCUT2D eigenvalue weighted by molar-refractivity contribution is 7.98. The number of thiazole rings is 1. The lowest BCUT2D eigenvalue weighted by atomic mass is 10.2. The summed E-state index contributed by atoms with van der Waals surface area (Å²) in [5, 5.41) is 23.4. The minimum absolute atomic E-state index is 0.213. The summed E-state index contributed by atoms with van der Waals surface area (Å²) >= 11 is 3.15. The van der Waals surface area contributed by atoms with Crippen LogP contribution in [0, 0.1) is 6.92 Å². The summed E-state index contributed by atoms with van der Waals surface area (Å²) in [6.45, 7) is 3.27. The zero-order chi connectivity index (χ0) is 15.1. The van der Waals surface area contributed by atoms with Gasteiger partial charge in [0.25, 0.3) is 0 Å². The van der Waals surface area contributed by atoms with Gasteiger partial charge >= 0.3 is 5.97 Å². The molecular formula is C12H18N2O4S2. The van der Waals surface area contributed by atoms with Crippen molar-refractivity contribution in [2.45, 2.75) is 38.2 Å². The molecule has 1 amide bonds. The molecule has 0 fully saturated rings. The fourth-order valence-electron chi connectivity index (χ4n) is 1.45. The first-order valence-corrected chi connectivity index (χ1v) is 8.12. The van der Waals surface area contributed by atoms with Crippen LogP contribution in [0.25, 0.3) is 0 Å². The SMILES string of the molecule is Cc1nc(CSCCC(=O)NC(C(=O)O)C(C)O)cs1. The lowest BCUT2D eigenvalue weighted by Gasteiger charge is -2.16. The molecule has 1 aromatic heterocycles. The van der Waals surface area contributed by atoms with Crippen molar-refractivity contribution in [1.29, 1.82) is 0 Å². The van der Waals surface area contributed by atoms with E-state index in [0.717, 1.165) is 16.5 Å². The van der Waals surface area contributed by atoms with E-state index < -0.39 is 18.1 Å². The molecule has 0 aliphatic carbocycles. The summed E-state index contributed by atoms with van der Waals surface area (Å²) < 4.78 is 0. The van der Waals surface area contributed by atoms with Crippen LogP contribution in [0.5, 0.6) is 0 Å². The highest BCUT2D eigenvalue weighted by Gasteiger charge is 2.24. The van der Waals surface area contributed by atoms with Crippen molar-refractivity contribution in [2.75, 3.05) is 5.75 Å². The second-order valence-corrected chi connectivity index (χ2v) is 6.45. The third-order valence-corrected chi connectivity index (χ3v) is 4.27. The average molecular weight is 318 g/mol. The van der Waals surface area contributed by atoms with E-state index in [9.17, 15) is 14.7 Å². The van der Waals surface area contributed by atoms with Crippen LogP contribution < -0.4 is 5.32 Å². The topological polar surface area (TPSA) is 99.5 Å². The Morgan fingerprint density at radius 2 is 2.25 bits per heavy atom. The van der Waals surface area contributed by atoms with E-state index in [1.165, 1.54) is 6.92 Å². The average Bonchev–Trinajstić information content (AvgIpc) is 2.77. The molecule has 6 nitrogen and oxygen atoms in total. The minimum Gasteiger partial charge on any atom is -0.480 e. The standard InChI is InChI=1S/C12H18N2O4S2/c1-7(15)11(12(17)18)14-10(16)3-4-19-5-9-6-20-8(2)13-9/h6-7,11,15H,3-5H2,1-2H3,(H,14,16)(H,17,18). The van der Waals surface area contributed by atoms with Gasteiger partial charge < -0.3 is 15.5 Å². The summed E-state index contributed by atoms with van der Waals surface area (Å²) in [7, 11) is 0. The number of carboxylic acid groups (broad SMARTS) is 1. The number of aryl methyl sites for hydroxylation is 1. The number of amides is 1. The smallest absolute Gasteiger partial charge is 0.328 e. The molecule has 0 bridgehead atoms. The van der Waals surface area contributed by atoms with Crippen molar-refractivity contribution >= 4 is 35.0 Å². The van der Waals surface area contributed by atoms with Crippen molar-refractivity contribution in [3.8, 4) is 0 Å². The zero-order valence-electron chi connectivity index (χ0n) is 11.3. The number of carboxylic acids is 1. The summed E-state index contributed by atoms with van der Waals surface area (Å²) in [5.41, 5.74) is 0.991. The van der Waals surface area contributed by atoms with Crippen LogP contribution in [0.4, 0.5) is 0 Å². The molecular weight excluding hydrogens is 300 g/mol. The first kappa shape index (κ1) is 16.9. The number of hydrogen-bond donors (Lipinski definition) is 3. The number of nitrogens with one attached hydrogen (secondary N) is 1. The number of aliphatic carboxylic acids is 1. The van der Waals surface area contributed by atoms with Crippen LogP contribution in [0.2, 0.25) is 0 Å². The Balaban J connectivity index is 2.24. The maximum Gasteiger partial charge on any atom is 0.328 e. The van der Waals surface area contributed by atoms with Gasteiger partial charge in [0.05, 0.1) is 16.8 Å². The number of aliphatic hydroxyl groups is 1. The largest absolute Gasteiger partial charge is 0.480 e. The first-order chi connectivity index (χ1) is 9.40. The predicted molar refractivity (Wildman–Crippen MR) is 78.9 cm³/mol. The Bertz CT molecular complexity index is 462. The summed E-state index contributed by atoms with van der Waals surface area (Å²) in [6.07, 6.45) is -0.910. The zero-order valence-corrected chi connectivity index (χ0v) is 13.0. The monoisotopic (exact) mass is 318 g/mol. The third-order valence-electron chi connectivity index (χ3n) is 2.45. The second kappa shape index (κ2) is 8.23. The van der Waals surface area contributed by atoms with E-state index in [-0.39, 0.29) is 12.3 Å². The molecule has 0 aromatic carbocycles. The van der Waals surface area contributed by atoms with Crippen molar-refractivity contribution in [3.63, 3.8) is 0 Å². The molecule has 2 atom stereocenters. The molecule has 1 rings (SSSR count). The first-order valence-electron chi connectivity index (χ1n) is 6.09. The van der Waals surface area contributed by atoms with Crippen LogP contribution >= 0.6 is 23.1 Å². The highest BCUT2D eigenvalue weighted by atomic mass is 32.2. The van der Waals surface area contributed by atoms with Crippen molar-refractivity contribution < 1.29 is 19.8 Å². The van der Waals surface area contributed by atoms with Gasteiger partial charge in [0.2, 0.25) is 5.91 Å². The maximum absolute atomic E-state index is 11.6. The van der Waals surface area contributed by atoms with Gasteiger partial charge in [0.1, 0.15) is 0 Å². The number of carbonyl (C=O) groups excluding carboxylic acids is 1. The van der Waals surface area contributed by atoms with Crippen LogP contribution in [0.1, 0.15) is 24.0 Å². The molecule has 2 unspecified atom stereocenters. The van der Waals surface area contributed by atoms with E-state index in [1.54, 1.807) is 23.1 Å². The van der Waals surface area contributed by atoms with Gasteiger partial charge in [-0.3, -0.25) is 4.79 Å². The number of hydrogen-bond acceptors (Lipinski definition) is 6. The molecule has 20 heavy (non-hydrogen) atoms. The predicted octanol–water partition coefficient (Wildman–Crippen LogP) is 1.03. The Kier molecular flexibility index (Phi) is 6.97. The van der Waals surface area contributed by atoms with Gasteiger partial charge in [-0.25, -0.2) is 9.78 Å². The number of aliphatic hydroxyl groups excluding tert-OH is 1. The molecule has 1 aromatic rings. The second-order valence-electron chi connectivity index (χ2n) is 4.28. The molecule has 0 aliphatic heterocycles. The molecule has 1 heterocycles. The molecule has 0 saturated carbocycles. The Labute approximate surface area is 125 Å². The van der Waals surface area contributed by atoms with E-state index in [4.69, 9.17) is 5.11 Å². The van der Waals surface area contributed by atoms with Gasteiger partial charge in [-0.1, -0.05) is 0 Å². The number of nitrogens with zero attached hydrogens (tertiary/aromatic N) is 1. The quantitative estimate of drug-likeness (QED) is 0.619. The normalized spacial score (nSPS) is 13.8. The molecule has 112 valence electrons. The highest BCUT2D eigenvalue weighted by Crippen LogP contribution is 2.15. The van der Waals surface area contributed by atoms with Crippen molar-refractivity contribution in [3.05, 3.63) is 16.1 Å². The number of aromatic nitrogens is 1. The maximum atomic E-state index is 11.6. The third kappa shape index (κ3) is 5.89. The van der Waals surface area contributed by atoms with Crippen LogP contribution in [0.15, 0.2) is 5.38 Å². The van der Waals surface area contributed by atoms with Gasteiger partial charge in [-0.05, 0) is 13.8 Å². The number of thioether (sulfide) groups is 1. The molecule has 8 heteroatoms. The van der Waals surface area contributed by atoms with Crippen molar-refractivity contribution in [2.24, 2.45) is 0 Å².